The lowest BCUT2D eigenvalue weighted by Crippen LogP contribution is -1.87. The van der Waals surface area contributed by atoms with Crippen molar-refractivity contribution in [3.05, 3.63) is 34.2 Å². The maximum Gasteiger partial charge on any atom is 0.0995 e. The third-order valence-electron chi connectivity index (χ3n) is 2.51. The number of hydrogen-bond acceptors (Lipinski definition) is 2. The van der Waals surface area contributed by atoms with Crippen molar-refractivity contribution in [2.24, 2.45) is 0 Å². The summed E-state index contributed by atoms with van der Waals surface area (Å²) in [7, 11) is 0. The average molecular weight is 201 g/mol. The maximum atomic E-state index is 8.97. The molecule has 1 heterocycles. The van der Waals surface area contributed by atoms with Crippen molar-refractivity contribution in [3.63, 3.8) is 0 Å². The lowest BCUT2D eigenvalue weighted by molar-refractivity contribution is 1.15. The van der Waals surface area contributed by atoms with E-state index in [-0.39, 0.29) is 0 Å². The Labute approximate surface area is 87.6 Å². The first-order chi connectivity index (χ1) is 6.77. The second-order valence-electron chi connectivity index (χ2n) is 3.35. The van der Waals surface area contributed by atoms with Crippen molar-refractivity contribution in [1.82, 2.24) is 0 Å². The number of nitrogens with zero attached hydrogens (tertiary/aromatic N) is 1. The van der Waals surface area contributed by atoms with Gasteiger partial charge in [-0.05, 0) is 41.3 Å². The number of fused-ring (bicyclic) bond motifs is 1. The second kappa shape index (κ2) is 3.43. The van der Waals surface area contributed by atoms with E-state index in [0.29, 0.717) is 0 Å². The Balaban J connectivity index is 2.86. The molecule has 0 radical (unpaired) electrons. The summed E-state index contributed by atoms with van der Waals surface area (Å²) in [6.07, 6.45) is 0.931. The van der Waals surface area contributed by atoms with Crippen LogP contribution in [0.2, 0.25) is 0 Å². The first kappa shape index (κ1) is 9.23. The molecule has 0 amide bonds. The van der Waals surface area contributed by atoms with Crippen molar-refractivity contribution in [2.75, 3.05) is 0 Å². The molecule has 1 aromatic carbocycles. The van der Waals surface area contributed by atoms with Gasteiger partial charge in [0.15, 0.2) is 0 Å². The summed E-state index contributed by atoms with van der Waals surface area (Å²) in [5.74, 6) is 0. The third-order valence-corrected chi connectivity index (χ3v) is 3.69. The van der Waals surface area contributed by atoms with Gasteiger partial charge in [0.1, 0.15) is 0 Å². The summed E-state index contributed by atoms with van der Waals surface area (Å²) >= 11 is 1.74. The molecule has 0 aliphatic rings. The highest BCUT2D eigenvalue weighted by atomic mass is 32.1. The van der Waals surface area contributed by atoms with E-state index in [2.05, 4.69) is 31.4 Å². The molecule has 0 unspecified atom stereocenters. The molecule has 0 bridgehead atoms. The minimum atomic E-state index is 0.821. The van der Waals surface area contributed by atoms with Crippen molar-refractivity contribution in [3.8, 4) is 6.07 Å². The van der Waals surface area contributed by atoms with Crippen LogP contribution in [0, 0.1) is 18.3 Å². The first-order valence-corrected chi connectivity index (χ1v) is 5.55. The van der Waals surface area contributed by atoms with Crippen molar-refractivity contribution in [1.29, 1.82) is 5.26 Å². The number of aryl methyl sites for hydroxylation is 2. The zero-order valence-corrected chi connectivity index (χ0v) is 9.11. The molecule has 0 aliphatic carbocycles. The van der Waals surface area contributed by atoms with Gasteiger partial charge in [-0.25, -0.2) is 0 Å². The van der Waals surface area contributed by atoms with Gasteiger partial charge >= 0.3 is 0 Å². The van der Waals surface area contributed by atoms with E-state index in [4.69, 9.17) is 5.26 Å². The zero-order valence-electron chi connectivity index (χ0n) is 8.29. The normalized spacial score (nSPS) is 10.4. The molecule has 0 aliphatic heterocycles. The molecule has 0 saturated heterocycles. The van der Waals surface area contributed by atoms with Crippen LogP contribution >= 0.6 is 11.3 Å². The Morgan fingerprint density at radius 1 is 1.43 bits per heavy atom. The summed E-state index contributed by atoms with van der Waals surface area (Å²) in [6, 6.07) is 6.24. The topological polar surface area (TPSA) is 23.8 Å². The average Bonchev–Trinajstić information content (AvgIpc) is 2.59. The molecule has 2 aromatic rings. The van der Waals surface area contributed by atoms with Crippen molar-refractivity contribution >= 4 is 21.4 Å². The van der Waals surface area contributed by atoms with E-state index in [1.165, 1.54) is 21.2 Å². The van der Waals surface area contributed by atoms with Crippen LogP contribution in [-0.4, -0.2) is 0 Å². The fourth-order valence-electron chi connectivity index (χ4n) is 1.74. The largest absolute Gasteiger partial charge is 0.192 e. The maximum absolute atomic E-state index is 8.97. The molecular weight excluding hydrogens is 190 g/mol. The smallest absolute Gasteiger partial charge is 0.0995 e. The minimum Gasteiger partial charge on any atom is -0.192 e. The van der Waals surface area contributed by atoms with Crippen LogP contribution in [0.3, 0.4) is 0 Å². The van der Waals surface area contributed by atoms with Gasteiger partial charge in [-0.2, -0.15) is 5.26 Å². The third kappa shape index (κ3) is 1.21. The fourth-order valence-corrected chi connectivity index (χ4v) is 2.91. The number of thiophene rings is 1. The summed E-state index contributed by atoms with van der Waals surface area (Å²) in [4.78, 5) is 0. The van der Waals surface area contributed by atoms with Gasteiger partial charge < -0.3 is 0 Å². The van der Waals surface area contributed by atoms with Crippen LogP contribution in [0.5, 0.6) is 0 Å². The van der Waals surface area contributed by atoms with E-state index in [1.807, 2.05) is 6.07 Å². The highest BCUT2D eigenvalue weighted by Gasteiger charge is 2.08. The van der Waals surface area contributed by atoms with Crippen LogP contribution in [0.4, 0.5) is 0 Å². The molecule has 1 aromatic heterocycles. The molecule has 14 heavy (non-hydrogen) atoms. The monoisotopic (exact) mass is 201 g/mol. The fraction of sp³-hybridized carbons (Fsp3) is 0.250. The van der Waals surface area contributed by atoms with Gasteiger partial charge in [-0.15, -0.1) is 11.3 Å². The van der Waals surface area contributed by atoms with Crippen molar-refractivity contribution < 1.29 is 0 Å². The molecular formula is C12H11NS. The molecule has 0 spiro atoms. The van der Waals surface area contributed by atoms with E-state index < -0.39 is 0 Å². The SMILES string of the molecule is CCc1c(C#N)ccc2c(C)csc12. The number of hydrogen-bond donors (Lipinski definition) is 0. The van der Waals surface area contributed by atoms with Gasteiger partial charge in [0, 0.05) is 4.70 Å². The molecule has 0 saturated carbocycles. The Morgan fingerprint density at radius 3 is 2.86 bits per heavy atom. The molecule has 0 atom stereocenters. The number of benzene rings is 1. The minimum absolute atomic E-state index is 0.821. The van der Waals surface area contributed by atoms with E-state index in [0.717, 1.165) is 12.0 Å². The molecule has 2 heteroatoms. The van der Waals surface area contributed by atoms with Gasteiger partial charge in [-0.1, -0.05) is 13.0 Å². The summed E-state index contributed by atoms with van der Waals surface area (Å²) < 4.78 is 1.28. The molecule has 0 fully saturated rings. The van der Waals surface area contributed by atoms with Gasteiger partial charge in [0.2, 0.25) is 0 Å². The first-order valence-electron chi connectivity index (χ1n) is 4.67. The van der Waals surface area contributed by atoms with Crippen LogP contribution < -0.4 is 0 Å². The molecule has 1 nitrogen and oxygen atoms in total. The van der Waals surface area contributed by atoms with Gasteiger partial charge in [0.25, 0.3) is 0 Å². The van der Waals surface area contributed by atoms with Gasteiger partial charge in [-0.3, -0.25) is 0 Å². The lowest BCUT2D eigenvalue weighted by Gasteiger charge is -2.02. The van der Waals surface area contributed by atoms with E-state index in [9.17, 15) is 0 Å². The van der Waals surface area contributed by atoms with Crippen LogP contribution in [0.1, 0.15) is 23.6 Å². The quantitative estimate of drug-likeness (QED) is 0.691. The Morgan fingerprint density at radius 2 is 2.21 bits per heavy atom. The predicted octanol–water partition coefficient (Wildman–Crippen LogP) is 3.64. The highest BCUT2D eigenvalue weighted by Crippen LogP contribution is 2.30. The summed E-state index contributed by atoms with van der Waals surface area (Å²) in [6.45, 7) is 4.22. The standard InChI is InChI=1S/C12H11NS/c1-3-10-9(6-13)4-5-11-8(2)7-14-12(10)11/h4-5,7H,3H2,1-2H3. The van der Waals surface area contributed by atoms with Crippen LogP contribution in [-0.2, 0) is 6.42 Å². The molecule has 0 N–H and O–H groups in total. The van der Waals surface area contributed by atoms with Crippen LogP contribution in [0.25, 0.3) is 10.1 Å². The molecule has 70 valence electrons. The lowest BCUT2D eigenvalue weighted by atomic mass is 10.0. The number of rotatable bonds is 1. The van der Waals surface area contributed by atoms with E-state index in [1.54, 1.807) is 11.3 Å². The summed E-state index contributed by atoms with van der Waals surface area (Å²) in [5.41, 5.74) is 3.33. The Bertz CT molecular complexity index is 517. The van der Waals surface area contributed by atoms with Crippen LogP contribution in [0.15, 0.2) is 17.5 Å². The zero-order chi connectivity index (χ0) is 10.1. The van der Waals surface area contributed by atoms with Crippen molar-refractivity contribution in [2.45, 2.75) is 20.3 Å². The van der Waals surface area contributed by atoms with Gasteiger partial charge in [0.05, 0.1) is 11.6 Å². The Hall–Kier alpha value is -1.33. The summed E-state index contributed by atoms with van der Waals surface area (Å²) in [5, 5.41) is 12.4. The Kier molecular flexibility index (Phi) is 2.26. The number of nitriles is 1. The second-order valence-corrected chi connectivity index (χ2v) is 4.23. The molecule has 2 rings (SSSR count). The predicted molar refractivity (Wildman–Crippen MR) is 60.7 cm³/mol. The highest BCUT2D eigenvalue weighted by molar-refractivity contribution is 7.17. The van der Waals surface area contributed by atoms with E-state index >= 15 is 0 Å².